The summed E-state index contributed by atoms with van der Waals surface area (Å²) >= 11 is 0. The third kappa shape index (κ3) is 6.45. The molecule has 1 fully saturated rings. The fourth-order valence-corrected chi connectivity index (χ4v) is 3.77. The second-order valence-electron chi connectivity index (χ2n) is 7.33. The number of carbonyl (C=O) groups is 1. The number of amides is 1. The summed E-state index contributed by atoms with van der Waals surface area (Å²) in [6.45, 7) is 2.82. The lowest BCUT2D eigenvalue weighted by atomic mass is 10.0. The maximum absolute atomic E-state index is 11.8. The number of carbonyl (C=O) groups excluding carboxylic acids is 1. The molecule has 0 spiro atoms. The largest absolute Gasteiger partial charge is 0.356 e. The Morgan fingerprint density at radius 1 is 1.34 bits per heavy atom. The van der Waals surface area contributed by atoms with Gasteiger partial charge >= 0.3 is 0 Å². The molecule has 0 saturated carbocycles. The van der Waals surface area contributed by atoms with Gasteiger partial charge in [0.15, 0.2) is 5.96 Å². The maximum atomic E-state index is 11.8. The van der Waals surface area contributed by atoms with Crippen molar-refractivity contribution in [1.29, 1.82) is 0 Å². The van der Waals surface area contributed by atoms with Gasteiger partial charge in [-0.3, -0.25) is 14.5 Å². The lowest BCUT2D eigenvalue weighted by Gasteiger charge is -2.21. The highest BCUT2D eigenvalue weighted by Crippen LogP contribution is 2.20. The summed E-state index contributed by atoms with van der Waals surface area (Å²) in [5, 5.41) is 10.4. The third-order valence-electron chi connectivity index (χ3n) is 5.19. The number of hydrogen-bond acceptors (Lipinski definition) is 3. The Bertz CT molecular complexity index is 834. The van der Waals surface area contributed by atoms with E-state index in [2.05, 4.69) is 37.9 Å². The molecule has 1 atom stereocenters. The first kappa shape index (κ1) is 23.2. The predicted molar refractivity (Wildman–Crippen MR) is 127 cm³/mol. The number of likely N-dealkylation sites (tertiary alicyclic amines) is 1. The van der Waals surface area contributed by atoms with E-state index in [-0.39, 0.29) is 29.9 Å². The average molecular weight is 510 g/mol. The van der Waals surface area contributed by atoms with Gasteiger partial charge in [0, 0.05) is 52.5 Å². The van der Waals surface area contributed by atoms with Gasteiger partial charge in [-0.1, -0.05) is 12.1 Å². The summed E-state index contributed by atoms with van der Waals surface area (Å²) in [6.07, 6.45) is 7.14. The second kappa shape index (κ2) is 11.2. The van der Waals surface area contributed by atoms with Gasteiger partial charge in [-0.25, -0.2) is 0 Å². The minimum Gasteiger partial charge on any atom is -0.356 e. The second-order valence-corrected chi connectivity index (χ2v) is 7.33. The smallest absolute Gasteiger partial charge is 0.251 e. The minimum atomic E-state index is -0.0534. The molecule has 0 radical (unpaired) electrons. The Balaban J connectivity index is 0.00000300. The fourth-order valence-electron chi connectivity index (χ4n) is 3.77. The van der Waals surface area contributed by atoms with Crippen LogP contribution in [0.25, 0.3) is 0 Å². The molecule has 1 aromatic carbocycles. The van der Waals surface area contributed by atoms with Gasteiger partial charge in [-0.15, -0.1) is 24.0 Å². The zero-order chi connectivity index (χ0) is 19.9. The molecule has 7 nitrogen and oxygen atoms in total. The summed E-state index contributed by atoms with van der Waals surface area (Å²) in [7, 11) is 5.45. The number of aryl methyl sites for hydroxylation is 1. The Kier molecular flexibility index (Phi) is 8.94. The molecular weight excluding hydrogens is 479 g/mol. The number of aromatic nitrogens is 2. The molecule has 1 aromatic heterocycles. The van der Waals surface area contributed by atoms with Gasteiger partial charge in [-0.05, 0) is 48.4 Å². The van der Waals surface area contributed by atoms with E-state index in [9.17, 15) is 4.79 Å². The zero-order valence-electron chi connectivity index (χ0n) is 17.4. The van der Waals surface area contributed by atoms with Crippen molar-refractivity contribution in [2.75, 3.05) is 33.7 Å². The molecule has 2 heterocycles. The number of hydrogen-bond donors (Lipinski definition) is 2. The number of aliphatic imine (C=N–C) groups is 1. The van der Waals surface area contributed by atoms with Crippen LogP contribution in [0.4, 0.5) is 0 Å². The molecule has 29 heavy (non-hydrogen) atoms. The average Bonchev–Trinajstić information content (AvgIpc) is 3.34. The standard InChI is InChI=1S/C21H30N6O.HI/c1-22-20(28)19-6-4-5-16(12-19)7-9-24-21(23-2)27-10-8-17(15-27)11-18-13-25-26(3)14-18;/h4-6,12-14,17H,7-11,15H2,1-3H3,(H,22,28)(H,23,24);1H. The normalized spacial score (nSPS) is 16.4. The van der Waals surface area contributed by atoms with Crippen LogP contribution in [0.1, 0.15) is 27.9 Å². The van der Waals surface area contributed by atoms with Crippen LogP contribution in [0.3, 0.4) is 0 Å². The number of benzene rings is 1. The van der Waals surface area contributed by atoms with Gasteiger partial charge in [0.05, 0.1) is 6.20 Å². The molecule has 1 amide bonds. The molecule has 2 aromatic rings. The summed E-state index contributed by atoms with van der Waals surface area (Å²) < 4.78 is 1.86. The van der Waals surface area contributed by atoms with Crippen LogP contribution < -0.4 is 10.6 Å². The van der Waals surface area contributed by atoms with E-state index in [4.69, 9.17) is 0 Å². The Labute approximate surface area is 190 Å². The van der Waals surface area contributed by atoms with Crippen LogP contribution in [-0.4, -0.2) is 60.3 Å². The highest BCUT2D eigenvalue weighted by atomic mass is 127. The van der Waals surface area contributed by atoms with Crippen molar-refractivity contribution < 1.29 is 4.79 Å². The van der Waals surface area contributed by atoms with Crippen LogP contribution in [0.15, 0.2) is 41.7 Å². The Morgan fingerprint density at radius 2 is 2.17 bits per heavy atom. The Hall–Kier alpha value is -2.10. The van der Waals surface area contributed by atoms with Crippen molar-refractivity contribution in [1.82, 2.24) is 25.3 Å². The zero-order valence-corrected chi connectivity index (χ0v) is 19.7. The topological polar surface area (TPSA) is 74.6 Å². The van der Waals surface area contributed by atoms with Gasteiger partial charge in [0.1, 0.15) is 0 Å². The molecule has 3 rings (SSSR count). The number of guanidine groups is 1. The van der Waals surface area contributed by atoms with Gasteiger partial charge < -0.3 is 15.5 Å². The van der Waals surface area contributed by atoms with Crippen LogP contribution in [-0.2, 0) is 19.9 Å². The molecule has 1 aliphatic rings. The van der Waals surface area contributed by atoms with Gasteiger partial charge in [0.25, 0.3) is 5.91 Å². The summed E-state index contributed by atoms with van der Waals surface area (Å²) in [4.78, 5) is 18.6. The predicted octanol–water partition coefficient (Wildman–Crippen LogP) is 2.08. The monoisotopic (exact) mass is 510 g/mol. The van der Waals surface area contributed by atoms with Crippen LogP contribution in [0, 0.1) is 5.92 Å². The quantitative estimate of drug-likeness (QED) is 0.355. The van der Waals surface area contributed by atoms with E-state index in [1.807, 2.05) is 43.2 Å². The van der Waals surface area contributed by atoms with E-state index >= 15 is 0 Å². The maximum Gasteiger partial charge on any atom is 0.251 e. The van der Waals surface area contributed by atoms with Crippen LogP contribution in [0.2, 0.25) is 0 Å². The first-order chi connectivity index (χ1) is 13.6. The van der Waals surface area contributed by atoms with Crippen molar-refractivity contribution in [2.45, 2.75) is 19.3 Å². The lowest BCUT2D eigenvalue weighted by molar-refractivity contribution is 0.0963. The number of nitrogens with zero attached hydrogens (tertiary/aromatic N) is 4. The van der Waals surface area contributed by atoms with Crippen molar-refractivity contribution in [3.63, 3.8) is 0 Å². The van der Waals surface area contributed by atoms with Crippen LogP contribution >= 0.6 is 24.0 Å². The number of halogens is 1. The number of nitrogens with one attached hydrogen (secondary N) is 2. The highest BCUT2D eigenvalue weighted by molar-refractivity contribution is 14.0. The van der Waals surface area contributed by atoms with E-state index in [1.54, 1.807) is 7.05 Å². The molecule has 0 bridgehead atoms. The number of rotatable bonds is 6. The Morgan fingerprint density at radius 3 is 2.86 bits per heavy atom. The van der Waals surface area contributed by atoms with Crippen molar-refractivity contribution in [3.05, 3.63) is 53.3 Å². The van der Waals surface area contributed by atoms with Crippen LogP contribution in [0.5, 0.6) is 0 Å². The van der Waals surface area contributed by atoms with E-state index in [1.165, 1.54) is 12.0 Å². The van der Waals surface area contributed by atoms with Crippen molar-refractivity contribution in [2.24, 2.45) is 18.0 Å². The fraction of sp³-hybridized carbons (Fsp3) is 0.476. The summed E-state index contributed by atoms with van der Waals surface area (Å²) in [5.41, 5.74) is 3.13. The lowest BCUT2D eigenvalue weighted by Crippen LogP contribution is -2.41. The van der Waals surface area contributed by atoms with Crippen molar-refractivity contribution >= 4 is 35.8 Å². The first-order valence-electron chi connectivity index (χ1n) is 9.83. The SMILES string of the molecule is CN=C(NCCc1cccc(C(=O)NC)c1)N1CCC(Cc2cnn(C)c2)C1.I. The molecule has 2 N–H and O–H groups in total. The van der Waals surface area contributed by atoms with E-state index < -0.39 is 0 Å². The van der Waals surface area contributed by atoms with Gasteiger partial charge in [-0.2, -0.15) is 5.10 Å². The first-order valence-corrected chi connectivity index (χ1v) is 9.83. The third-order valence-corrected chi connectivity index (χ3v) is 5.19. The molecule has 1 unspecified atom stereocenters. The molecule has 0 aliphatic carbocycles. The molecule has 1 aliphatic heterocycles. The molecule has 8 heteroatoms. The van der Waals surface area contributed by atoms with Crippen molar-refractivity contribution in [3.8, 4) is 0 Å². The molecule has 1 saturated heterocycles. The van der Waals surface area contributed by atoms with E-state index in [0.717, 1.165) is 44.0 Å². The summed E-state index contributed by atoms with van der Waals surface area (Å²) in [5.74, 6) is 1.53. The summed E-state index contributed by atoms with van der Waals surface area (Å²) in [6, 6.07) is 7.76. The minimum absolute atomic E-state index is 0. The van der Waals surface area contributed by atoms with Gasteiger partial charge in [0.2, 0.25) is 0 Å². The van der Waals surface area contributed by atoms with E-state index in [0.29, 0.717) is 11.5 Å². The highest BCUT2D eigenvalue weighted by Gasteiger charge is 2.25. The molecular formula is C21H31IN6O. The molecule has 158 valence electrons.